The molecule has 0 aliphatic carbocycles. The van der Waals surface area contributed by atoms with Crippen molar-refractivity contribution in [3.8, 4) is 11.6 Å². The maximum Gasteiger partial charge on any atom is 0.278 e. The van der Waals surface area contributed by atoms with Crippen molar-refractivity contribution in [1.82, 2.24) is 4.98 Å². The minimum atomic E-state index is -0.460. The summed E-state index contributed by atoms with van der Waals surface area (Å²) in [5.74, 6) is 1.24. The molecule has 0 atom stereocenters. The van der Waals surface area contributed by atoms with Gasteiger partial charge in [0.2, 0.25) is 5.88 Å². The Hall–Kier alpha value is -2.63. The molecule has 0 bridgehead atoms. The second-order valence-electron chi connectivity index (χ2n) is 4.44. The van der Waals surface area contributed by atoms with Crippen molar-refractivity contribution in [3.05, 3.63) is 52.1 Å². The van der Waals surface area contributed by atoms with E-state index < -0.39 is 4.92 Å². The van der Waals surface area contributed by atoms with Gasteiger partial charge in [-0.25, -0.2) is 0 Å². The highest BCUT2D eigenvalue weighted by Gasteiger charge is 2.12. The Labute approximate surface area is 122 Å². The molecule has 0 saturated heterocycles. The fourth-order valence-electron chi connectivity index (χ4n) is 1.87. The van der Waals surface area contributed by atoms with Gasteiger partial charge in [0.15, 0.2) is 0 Å². The third-order valence-corrected chi connectivity index (χ3v) is 2.88. The Morgan fingerprint density at radius 2 is 2.10 bits per heavy atom. The molecule has 21 heavy (non-hydrogen) atoms. The van der Waals surface area contributed by atoms with Crippen molar-refractivity contribution >= 4 is 11.5 Å². The first-order valence-electron chi connectivity index (χ1n) is 6.79. The van der Waals surface area contributed by atoms with E-state index in [1.54, 1.807) is 6.07 Å². The summed E-state index contributed by atoms with van der Waals surface area (Å²) in [4.78, 5) is 14.7. The number of pyridine rings is 1. The van der Waals surface area contributed by atoms with Crippen molar-refractivity contribution < 1.29 is 9.66 Å². The third kappa shape index (κ3) is 3.92. The van der Waals surface area contributed by atoms with Crippen LogP contribution in [0.15, 0.2) is 36.4 Å². The van der Waals surface area contributed by atoms with Gasteiger partial charge in [0.1, 0.15) is 11.6 Å². The summed E-state index contributed by atoms with van der Waals surface area (Å²) in [5, 5.41) is 13.9. The van der Waals surface area contributed by atoms with Crippen LogP contribution in [0.3, 0.4) is 0 Å². The number of hydrogen-bond acceptors (Lipinski definition) is 5. The summed E-state index contributed by atoms with van der Waals surface area (Å²) in [6.07, 6.45) is 0.891. The molecule has 1 aromatic carbocycles. The lowest BCUT2D eigenvalue weighted by molar-refractivity contribution is -0.384. The molecule has 110 valence electrons. The smallest absolute Gasteiger partial charge is 0.278 e. The van der Waals surface area contributed by atoms with Crippen LogP contribution in [-0.2, 0) is 6.42 Å². The molecule has 0 amide bonds. The topological polar surface area (TPSA) is 77.3 Å². The Morgan fingerprint density at radius 3 is 2.76 bits per heavy atom. The van der Waals surface area contributed by atoms with Crippen molar-refractivity contribution in [2.24, 2.45) is 0 Å². The average Bonchev–Trinajstić information content (AvgIpc) is 2.47. The lowest BCUT2D eigenvalue weighted by Crippen LogP contribution is -2.02. The van der Waals surface area contributed by atoms with Crippen LogP contribution in [0.1, 0.15) is 19.4 Å². The van der Waals surface area contributed by atoms with Gasteiger partial charge in [0.25, 0.3) is 5.69 Å². The van der Waals surface area contributed by atoms with Gasteiger partial charge in [0.05, 0.1) is 17.1 Å². The molecular weight excluding hydrogens is 270 g/mol. The normalized spacial score (nSPS) is 10.2. The first-order chi connectivity index (χ1) is 10.1. The number of anilines is 1. The van der Waals surface area contributed by atoms with Crippen LogP contribution in [0.2, 0.25) is 0 Å². The van der Waals surface area contributed by atoms with Gasteiger partial charge in [-0.05, 0) is 31.0 Å². The zero-order chi connectivity index (χ0) is 15.2. The zero-order valence-electron chi connectivity index (χ0n) is 12.0. The molecule has 0 spiro atoms. The molecule has 0 aliphatic heterocycles. The predicted octanol–water partition coefficient (Wildman–Crippen LogP) is 3.78. The molecule has 1 aromatic heterocycles. The predicted molar refractivity (Wildman–Crippen MR) is 80.9 cm³/mol. The largest absolute Gasteiger partial charge is 0.439 e. The number of benzene rings is 1. The summed E-state index contributed by atoms with van der Waals surface area (Å²) in [7, 11) is 0. The van der Waals surface area contributed by atoms with Gasteiger partial charge < -0.3 is 10.1 Å². The van der Waals surface area contributed by atoms with E-state index in [4.69, 9.17) is 4.74 Å². The second kappa shape index (κ2) is 6.69. The van der Waals surface area contributed by atoms with Gasteiger partial charge in [-0.2, -0.15) is 4.98 Å². The maximum absolute atomic E-state index is 11.0. The van der Waals surface area contributed by atoms with E-state index in [1.807, 2.05) is 32.0 Å². The van der Waals surface area contributed by atoms with Crippen molar-refractivity contribution in [2.75, 3.05) is 11.9 Å². The van der Waals surface area contributed by atoms with E-state index >= 15 is 0 Å². The number of aromatic nitrogens is 1. The summed E-state index contributed by atoms with van der Waals surface area (Å²) >= 11 is 0. The van der Waals surface area contributed by atoms with Gasteiger partial charge >= 0.3 is 0 Å². The quantitative estimate of drug-likeness (QED) is 0.646. The Bertz CT molecular complexity index is 644. The van der Waals surface area contributed by atoms with Gasteiger partial charge in [-0.15, -0.1) is 0 Å². The summed E-state index contributed by atoms with van der Waals surface area (Å²) in [6, 6.07) is 10.3. The molecule has 2 aromatic rings. The van der Waals surface area contributed by atoms with E-state index in [1.165, 1.54) is 12.1 Å². The molecule has 1 heterocycles. The highest BCUT2D eigenvalue weighted by atomic mass is 16.6. The standard InChI is InChI=1S/C15H17N3O3/c1-3-11-6-5-7-13(8-11)21-15-10-12(18(19)20)9-14(17-15)16-4-2/h5-10H,3-4H2,1-2H3,(H,16,17). The van der Waals surface area contributed by atoms with E-state index in [0.717, 1.165) is 12.0 Å². The van der Waals surface area contributed by atoms with Crippen molar-refractivity contribution in [1.29, 1.82) is 0 Å². The number of hydrogen-bond donors (Lipinski definition) is 1. The van der Waals surface area contributed by atoms with Crippen LogP contribution in [0, 0.1) is 10.1 Å². The molecule has 2 rings (SSSR count). The van der Waals surface area contributed by atoms with Crippen LogP contribution in [0.4, 0.5) is 11.5 Å². The Morgan fingerprint density at radius 1 is 1.29 bits per heavy atom. The minimum absolute atomic E-state index is 0.0532. The fourth-order valence-corrected chi connectivity index (χ4v) is 1.87. The number of nitro groups is 1. The molecule has 0 saturated carbocycles. The number of rotatable bonds is 6. The summed E-state index contributed by atoms with van der Waals surface area (Å²) in [5.41, 5.74) is 1.08. The molecule has 0 radical (unpaired) electrons. The van der Waals surface area contributed by atoms with Crippen LogP contribution in [0.5, 0.6) is 11.6 Å². The van der Waals surface area contributed by atoms with E-state index in [-0.39, 0.29) is 11.6 Å². The van der Waals surface area contributed by atoms with Crippen LogP contribution < -0.4 is 10.1 Å². The molecule has 0 unspecified atom stereocenters. The Balaban J connectivity index is 2.31. The number of ether oxygens (including phenoxy) is 1. The van der Waals surface area contributed by atoms with Crippen LogP contribution in [-0.4, -0.2) is 16.5 Å². The third-order valence-electron chi connectivity index (χ3n) is 2.88. The minimum Gasteiger partial charge on any atom is -0.439 e. The number of nitrogens with one attached hydrogen (secondary N) is 1. The highest BCUT2D eigenvalue weighted by molar-refractivity contribution is 5.49. The SMILES string of the molecule is CCNc1cc([N+](=O)[O-])cc(Oc2cccc(CC)c2)n1. The molecule has 1 N–H and O–H groups in total. The Kier molecular flexibility index (Phi) is 4.71. The van der Waals surface area contributed by atoms with E-state index in [2.05, 4.69) is 10.3 Å². The molecule has 0 aliphatic rings. The maximum atomic E-state index is 11.0. The van der Waals surface area contributed by atoms with Gasteiger partial charge in [0, 0.05) is 6.54 Å². The van der Waals surface area contributed by atoms with E-state index in [0.29, 0.717) is 18.1 Å². The number of nitrogens with zero attached hydrogens (tertiary/aromatic N) is 2. The zero-order valence-corrected chi connectivity index (χ0v) is 12.0. The lowest BCUT2D eigenvalue weighted by Gasteiger charge is -2.08. The second-order valence-corrected chi connectivity index (χ2v) is 4.44. The first-order valence-corrected chi connectivity index (χ1v) is 6.79. The van der Waals surface area contributed by atoms with Gasteiger partial charge in [-0.3, -0.25) is 10.1 Å². The lowest BCUT2D eigenvalue weighted by atomic mass is 10.2. The summed E-state index contributed by atoms with van der Waals surface area (Å²) in [6.45, 7) is 4.57. The van der Waals surface area contributed by atoms with Crippen molar-refractivity contribution in [3.63, 3.8) is 0 Å². The fraction of sp³-hybridized carbons (Fsp3) is 0.267. The molecule has 6 heteroatoms. The first kappa shape index (κ1) is 14.8. The van der Waals surface area contributed by atoms with Crippen LogP contribution in [0.25, 0.3) is 0 Å². The average molecular weight is 287 g/mol. The van der Waals surface area contributed by atoms with E-state index in [9.17, 15) is 10.1 Å². The highest BCUT2D eigenvalue weighted by Crippen LogP contribution is 2.26. The molecule has 6 nitrogen and oxygen atoms in total. The van der Waals surface area contributed by atoms with Gasteiger partial charge in [-0.1, -0.05) is 19.1 Å². The monoisotopic (exact) mass is 287 g/mol. The number of aryl methyl sites for hydroxylation is 1. The molecular formula is C15H17N3O3. The molecule has 0 fully saturated rings. The van der Waals surface area contributed by atoms with Crippen molar-refractivity contribution in [2.45, 2.75) is 20.3 Å². The van der Waals surface area contributed by atoms with Crippen LogP contribution >= 0.6 is 0 Å². The summed E-state index contributed by atoms with van der Waals surface area (Å²) < 4.78 is 5.64.